The molecule has 1 rings (SSSR count). The monoisotopic (exact) mass is 243 g/mol. The molecule has 0 unspecified atom stereocenters. The number of anilines is 1. The molecule has 0 aliphatic carbocycles. The van der Waals surface area contributed by atoms with Crippen molar-refractivity contribution >= 4 is 11.6 Å². The summed E-state index contributed by atoms with van der Waals surface area (Å²) in [5.74, 6) is -0.170. The average molecular weight is 243 g/mol. The molecular weight excluding hydrogens is 229 g/mol. The van der Waals surface area contributed by atoms with E-state index in [1.54, 1.807) is 12.1 Å². The Morgan fingerprint density at radius 2 is 2.12 bits per heavy atom. The van der Waals surface area contributed by atoms with Crippen LogP contribution in [-0.4, -0.2) is 13.0 Å². The zero-order valence-electron chi connectivity index (χ0n) is 10.5. The molecule has 0 radical (unpaired) electrons. The molecule has 5 heteroatoms. The smallest absolute Gasteiger partial charge is 0.875 e. The molecule has 0 fully saturated rings. The summed E-state index contributed by atoms with van der Waals surface area (Å²) in [5, 5.41) is 13.3. The van der Waals surface area contributed by atoms with Gasteiger partial charge >= 0.3 is 29.6 Å². The van der Waals surface area contributed by atoms with Crippen LogP contribution in [0, 0.1) is 6.92 Å². The molecule has 0 aromatic heterocycles. The summed E-state index contributed by atoms with van der Waals surface area (Å²) in [5.41, 5.74) is 1.56. The predicted octanol–water partition coefficient (Wildman–Crippen LogP) is -1.79. The summed E-state index contributed by atoms with van der Waals surface area (Å²) in [6, 6.07) is 5.42. The molecule has 0 spiro atoms. The fourth-order valence-corrected chi connectivity index (χ4v) is 1.27. The number of allylic oxidation sites excluding steroid dienone is 1. The van der Waals surface area contributed by atoms with E-state index in [2.05, 4.69) is 5.32 Å². The Morgan fingerprint density at radius 3 is 2.65 bits per heavy atom. The minimum Gasteiger partial charge on any atom is -0.875 e. The Balaban J connectivity index is 0.00000256. The minimum absolute atomic E-state index is 0. The van der Waals surface area contributed by atoms with Crippen molar-refractivity contribution in [3.8, 4) is 5.75 Å². The van der Waals surface area contributed by atoms with Crippen molar-refractivity contribution in [1.82, 2.24) is 0 Å². The molecule has 0 aliphatic heterocycles. The molecule has 0 heterocycles. The van der Waals surface area contributed by atoms with E-state index in [0.717, 1.165) is 11.6 Å². The maximum atomic E-state index is 11.4. The van der Waals surface area contributed by atoms with Crippen molar-refractivity contribution in [1.29, 1.82) is 0 Å². The Labute approximate surface area is 123 Å². The Morgan fingerprint density at radius 1 is 1.47 bits per heavy atom. The quantitative estimate of drug-likeness (QED) is 0.387. The second-order valence-corrected chi connectivity index (χ2v) is 3.45. The Kier molecular flexibility index (Phi) is 6.95. The molecule has 0 bridgehead atoms. The van der Waals surface area contributed by atoms with E-state index in [1.165, 1.54) is 14.0 Å². The van der Waals surface area contributed by atoms with Gasteiger partial charge in [0, 0.05) is 0 Å². The number of hydrogen-bond donors (Lipinski definition) is 1. The second kappa shape index (κ2) is 7.37. The van der Waals surface area contributed by atoms with Crippen LogP contribution in [0.1, 0.15) is 12.5 Å². The molecule has 1 aromatic rings. The first-order valence-corrected chi connectivity index (χ1v) is 4.84. The summed E-state index contributed by atoms with van der Waals surface area (Å²) in [7, 11) is 1.52. The third kappa shape index (κ3) is 5.26. The van der Waals surface area contributed by atoms with Gasteiger partial charge in [0.1, 0.15) is 5.75 Å². The van der Waals surface area contributed by atoms with Gasteiger partial charge in [-0.3, -0.25) is 4.79 Å². The van der Waals surface area contributed by atoms with Gasteiger partial charge in [-0.1, -0.05) is 13.0 Å². The van der Waals surface area contributed by atoms with Crippen LogP contribution >= 0.6 is 0 Å². The first-order chi connectivity index (χ1) is 7.52. The fourth-order valence-electron chi connectivity index (χ4n) is 1.27. The van der Waals surface area contributed by atoms with Crippen LogP contribution in [0.2, 0.25) is 0 Å². The first kappa shape index (κ1) is 16.0. The van der Waals surface area contributed by atoms with Gasteiger partial charge in [-0.05, 0) is 30.7 Å². The fraction of sp³-hybridized carbons (Fsp3) is 0.250. The van der Waals surface area contributed by atoms with Crippen LogP contribution < -0.4 is 44.7 Å². The summed E-state index contributed by atoms with van der Waals surface area (Å²) >= 11 is 0. The molecule has 0 saturated carbocycles. The van der Waals surface area contributed by atoms with E-state index in [1.807, 2.05) is 13.0 Å². The molecular formula is C12H14NNaO3. The molecule has 0 atom stereocenters. The number of aryl methyl sites for hydroxylation is 1. The molecule has 4 nitrogen and oxygen atoms in total. The molecule has 17 heavy (non-hydrogen) atoms. The van der Waals surface area contributed by atoms with Crippen LogP contribution in [0.15, 0.2) is 30.0 Å². The normalized spacial score (nSPS) is 10.4. The molecule has 1 N–H and O–H groups in total. The molecule has 1 amide bonds. The number of hydrogen-bond acceptors (Lipinski definition) is 3. The number of nitrogens with one attached hydrogen (secondary N) is 1. The maximum absolute atomic E-state index is 11.4. The van der Waals surface area contributed by atoms with Gasteiger partial charge in [0.15, 0.2) is 0 Å². The van der Waals surface area contributed by atoms with Crippen LogP contribution in [0.3, 0.4) is 0 Å². The number of carbonyl (C=O) groups excluding carboxylic acids is 1. The van der Waals surface area contributed by atoms with Gasteiger partial charge in [-0.25, -0.2) is 0 Å². The first-order valence-electron chi connectivity index (χ1n) is 4.84. The summed E-state index contributed by atoms with van der Waals surface area (Å²) in [4.78, 5) is 11.4. The van der Waals surface area contributed by atoms with Crippen LogP contribution in [0.4, 0.5) is 5.69 Å². The summed E-state index contributed by atoms with van der Waals surface area (Å²) in [6.07, 6.45) is 1.00. The third-order valence-corrected chi connectivity index (χ3v) is 1.95. The second-order valence-electron chi connectivity index (χ2n) is 3.45. The summed E-state index contributed by atoms with van der Waals surface area (Å²) < 4.78 is 5.09. The third-order valence-electron chi connectivity index (χ3n) is 1.95. The average Bonchev–Trinajstić information content (AvgIpc) is 2.16. The van der Waals surface area contributed by atoms with Crippen molar-refractivity contribution in [3.63, 3.8) is 0 Å². The zero-order valence-corrected chi connectivity index (χ0v) is 12.5. The maximum Gasteiger partial charge on any atom is 1.00 e. The number of benzene rings is 1. The van der Waals surface area contributed by atoms with E-state index < -0.39 is 5.91 Å². The van der Waals surface area contributed by atoms with Crippen LogP contribution in [0.5, 0.6) is 5.75 Å². The van der Waals surface area contributed by atoms with Crippen molar-refractivity contribution in [2.45, 2.75) is 13.8 Å². The Hall–Kier alpha value is -0.970. The van der Waals surface area contributed by atoms with Gasteiger partial charge in [0.25, 0.3) is 0 Å². The minimum atomic E-state index is -0.448. The van der Waals surface area contributed by atoms with Gasteiger partial charge < -0.3 is 15.2 Å². The zero-order chi connectivity index (χ0) is 12.1. The topological polar surface area (TPSA) is 61.4 Å². The van der Waals surface area contributed by atoms with E-state index in [9.17, 15) is 9.90 Å². The van der Waals surface area contributed by atoms with Gasteiger partial charge in [0.05, 0.1) is 12.8 Å². The largest absolute Gasteiger partial charge is 1.00 e. The van der Waals surface area contributed by atoms with E-state index >= 15 is 0 Å². The molecule has 0 aliphatic rings. The number of carbonyl (C=O) groups is 1. The van der Waals surface area contributed by atoms with Crippen molar-refractivity contribution in [2.75, 3.05) is 12.4 Å². The Bertz CT molecular complexity index is 426. The number of amides is 1. The van der Waals surface area contributed by atoms with Crippen molar-refractivity contribution < 1.29 is 44.2 Å². The molecule has 1 aromatic carbocycles. The molecule has 0 saturated heterocycles. The molecule has 86 valence electrons. The van der Waals surface area contributed by atoms with Gasteiger partial charge in [-0.2, -0.15) is 0 Å². The number of methoxy groups -OCH3 is 1. The number of ether oxygens (including phenoxy) is 1. The standard InChI is InChI=1S/C12H15NO3.Na/c1-8-4-5-11(16-3)10(6-8)13-12(15)7-9(2)14;/h4-7,14H,1-3H3,(H,13,15);/q;+1/p-1/b9-7-;. The van der Waals surface area contributed by atoms with E-state index in [-0.39, 0.29) is 35.3 Å². The van der Waals surface area contributed by atoms with Crippen LogP contribution in [0.25, 0.3) is 0 Å². The number of rotatable bonds is 3. The van der Waals surface area contributed by atoms with Gasteiger partial charge in [0.2, 0.25) is 5.91 Å². The predicted molar refractivity (Wildman–Crippen MR) is 60.1 cm³/mol. The van der Waals surface area contributed by atoms with E-state index in [0.29, 0.717) is 11.4 Å². The van der Waals surface area contributed by atoms with Crippen LogP contribution in [-0.2, 0) is 4.79 Å². The summed E-state index contributed by atoms with van der Waals surface area (Å²) in [6.45, 7) is 3.23. The van der Waals surface area contributed by atoms with Crippen molar-refractivity contribution in [2.24, 2.45) is 0 Å². The SMILES string of the molecule is COc1ccc(C)cc1NC(=O)/C=C(/C)[O-].[Na+]. The van der Waals surface area contributed by atoms with Gasteiger partial charge in [-0.15, -0.1) is 5.76 Å². The van der Waals surface area contributed by atoms with E-state index in [4.69, 9.17) is 4.74 Å². The van der Waals surface area contributed by atoms with Crippen molar-refractivity contribution in [3.05, 3.63) is 35.6 Å².